The number of rotatable bonds is 9. The molecule has 6 rings (SSSR count). The lowest BCUT2D eigenvalue weighted by molar-refractivity contribution is -0.433. The van der Waals surface area contributed by atoms with Gasteiger partial charge in [-0.3, -0.25) is 0 Å². The number of fused-ring (bicyclic) bond motifs is 2. The van der Waals surface area contributed by atoms with E-state index in [2.05, 4.69) is 169 Å². The van der Waals surface area contributed by atoms with Crippen molar-refractivity contribution >= 4 is 22.8 Å². The summed E-state index contributed by atoms with van der Waals surface area (Å²) in [6.07, 6.45) is 11.3. The number of aryl methyl sites for hydroxylation is 2. The van der Waals surface area contributed by atoms with Crippen LogP contribution in [0.15, 0.2) is 108 Å². The number of ether oxygens (including phenoxy) is 1. The Morgan fingerprint density at radius 3 is 2.17 bits per heavy atom. The number of anilines is 2. The molecule has 250 valence electrons. The van der Waals surface area contributed by atoms with Crippen molar-refractivity contribution in [3.8, 4) is 0 Å². The lowest BCUT2D eigenvalue weighted by atomic mass is 9.80. The van der Waals surface area contributed by atoms with Crippen LogP contribution >= 0.6 is 0 Å². The Kier molecular flexibility index (Phi) is 9.06. The Morgan fingerprint density at radius 2 is 1.50 bits per heavy atom. The number of allylic oxidation sites excluding steroid dienone is 7. The van der Waals surface area contributed by atoms with Crippen molar-refractivity contribution in [2.24, 2.45) is 0 Å². The molecular weight excluding hydrogens is 587 g/mol. The molecule has 0 saturated heterocycles. The normalized spacial score (nSPS) is 19.7. The van der Waals surface area contributed by atoms with Crippen LogP contribution in [-0.2, 0) is 22.2 Å². The Morgan fingerprint density at radius 1 is 0.812 bits per heavy atom. The fraction of sp³-hybridized carbons (Fsp3) is 0.386. The molecule has 0 radical (unpaired) electrons. The van der Waals surface area contributed by atoms with Crippen LogP contribution in [0.1, 0.15) is 82.2 Å². The van der Waals surface area contributed by atoms with Gasteiger partial charge < -0.3 is 14.5 Å². The summed E-state index contributed by atoms with van der Waals surface area (Å²) < 4.78 is 9.27. The van der Waals surface area contributed by atoms with Crippen LogP contribution in [-0.4, -0.2) is 37.5 Å². The highest BCUT2D eigenvalue weighted by Crippen LogP contribution is 2.48. The van der Waals surface area contributed by atoms with Gasteiger partial charge in [0.2, 0.25) is 5.69 Å². The van der Waals surface area contributed by atoms with Crippen molar-refractivity contribution in [2.75, 3.05) is 37.0 Å². The van der Waals surface area contributed by atoms with Gasteiger partial charge in [-0.2, -0.15) is 4.58 Å². The minimum atomic E-state index is -0.0731. The zero-order chi connectivity index (χ0) is 34.4. The highest BCUT2D eigenvalue weighted by atomic mass is 16.5. The summed E-state index contributed by atoms with van der Waals surface area (Å²) in [4.78, 5) is 4.61. The minimum absolute atomic E-state index is 0.0731. The first-order chi connectivity index (χ1) is 22.9. The number of likely N-dealkylation sites (N-methyl/N-ethyl adjacent to an activating group) is 1. The summed E-state index contributed by atoms with van der Waals surface area (Å²) in [5.41, 5.74) is 15.5. The van der Waals surface area contributed by atoms with E-state index in [0.29, 0.717) is 6.61 Å². The van der Waals surface area contributed by atoms with Crippen molar-refractivity contribution in [1.82, 2.24) is 0 Å². The quantitative estimate of drug-likeness (QED) is 0.217. The van der Waals surface area contributed by atoms with Crippen LogP contribution in [0.4, 0.5) is 17.1 Å². The van der Waals surface area contributed by atoms with Crippen LogP contribution in [0.25, 0.3) is 0 Å². The van der Waals surface area contributed by atoms with Gasteiger partial charge in [0.05, 0.1) is 5.41 Å². The lowest BCUT2D eigenvalue weighted by Gasteiger charge is -2.26. The molecule has 2 aliphatic heterocycles. The Bertz CT molecular complexity index is 1880. The van der Waals surface area contributed by atoms with Crippen LogP contribution < -0.4 is 9.80 Å². The second-order valence-electron chi connectivity index (χ2n) is 14.9. The largest absolute Gasteiger partial charge is 0.488 e. The molecule has 0 unspecified atom stereocenters. The van der Waals surface area contributed by atoms with E-state index in [4.69, 9.17) is 4.74 Å². The molecule has 3 aliphatic rings. The Labute approximate surface area is 289 Å². The SMILES string of the molecule is CCN1/C(=C/C=C2\CCC(/C=C/C3=[N+](CC)c4ccc(C)cc4C3(C)C)=C2OCc2ccc(N(C)C)cc2)C(C)(C)c2cc(C)ccc21. The molecule has 0 spiro atoms. The standard InChI is InChI=1S/C44H54N3O/c1-11-46-38-23-13-30(3)27-36(38)43(5,6)40(46)25-19-33-17-18-34(42(33)48-29-32-15-21-35(22-16-32)45(9)10)20-26-41-44(7,8)37-28-31(4)14-24-39(37)47(41)12-2/h13-16,19-28H,11-12,17-18,29H2,1-10H3/q+1. The second kappa shape index (κ2) is 13.0. The van der Waals surface area contributed by atoms with Gasteiger partial charge in [0, 0.05) is 60.8 Å². The molecule has 0 saturated carbocycles. The molecule has 4 heteroatoms. The van der Waals surface area contributed by atoms with E-state index in [1.165, 1.54) is 67.4 Å². The summed E-state index contributed by atoms with van der Waals surface area (Å²) in [6.45, 7) is 20.7. The van der Waals surface area contributed by atoms with Gasteiger partial charge in [-0.25, -0.2) is 0 Å². The third kappa shape index (κ3) is 5.95. The molecule has 3 aromatic carbocycles. The third-order valence-electron chi connectivity index (χ3n) is 10.7. The van der Waals surface area contributed by atoms with Crippen LogP contribution in [0.2, 0.25) is 0 Å². The summed E-state index contributed by atoms with van der Waals surface area (Å²) in [5.74, 6) is 1.03. The molecular formula is C44H54N3O+. The molecule has 0 atom stereocenters. The van der Waals surface area contributed by atoms with Crippen molar-refractivity contribution in [3.63, 3.8) is 0 Å². The highest BCUT2D eigenvalue weighted by Gasteiger charge is 2.44. The lowest BCUT2D eigenvalue weighted by Crippen LogP contribution is -2.27. The van der Waals surface area contributed by atoms with E-state index in [0.717, 1.165) is 31.7 Å². The maximum absolute atomic E-state index is 6.79. The molecule has 4 nitrogen and oxygen atoms in total. The Balaban J connectivity index is 1.38. The molecule has 0 N–H and O–H groups in total. The van der Waals surface area contributed by atoms with Gasteiger partial charge in [0.25, 0.3) is 0 Å². The van der Waals surface area contributed by atoms with Gasteiger partial charge in [0.1, 0.15) is 18.9 Å². The average molecular weight is 641 g/mol. The van der Waals surface area contributed by atoms with E-state index in [-0.39, 0.29) is 10.8 Å². The van der Waals surface area contributed by atoms with Crippen molar-refractivity contribution in [3.05, 3.63) is 135 Å². The second-order valence-corrected chi connectivity index (χ2v) is 14.9. The first-order valence-corrected chi connectivity index (χ1v) is 17.7. The fourth-order valence-corrected chi connectivity index (χ4v) is 7.87. The zero-order valence-electron chi connectivity index (χ0n) is 30.9. The smallest absolute Gasteiger partial charge is 0.209 e. The molecule has 0 aromatic heterocycles. The van der Waals surface area contributed by atoms with E-state index in [1.807, 2.05) is 0 Å². The van der Waals surface area contributed by atoms with Crippen molar-refractivity contribution in [1.29, 1.82) is 0 Å². The molecule has 3 aromatic rings. The number of hydrogen-bond acceptors (Lipinski definition) is 3. The first kappa shape index (κ1) is 33.6. The maximum Gasteiger partial charge on any atom is 0.209 e. The number of hydrogen-bond donors (Lipinski definition) is 0. The predicted molar refractivity (Wildman–Crippen MR) is 204 cm³/mol. The van der Waals surface area contributed by atoms with E-state index in [1.54, 1.807) is 0 Å². The summed E-state index contributed by atoms with van der Waals surface area (Å²) >= 11 is 0. The summed E-state index contributed by atoms with van der Waals surface area (Å²) in [6, 6.07) is 22.5. The Hall–Kier alpha value is -4.31. The van der Waals surface area contributed by atoms with E-state index >= 15 is 0 Å². The van der Waals surface area contributed by atoms with Gasteiger partial charge in [-0.15, -0.1) is 0 Å². The third-order valence-corrected chi connectivity index (χ3v) is 10.7. The number of benzene rings is 3. The number of nitrogens with zero attached hydrogens (tertiary/aromatic N) is 3. The molecule has 0 bridgehead atoms. The van der Waals surface area contributed by atoms with E-state index < -0.39 is 0 Å². The maximum atomic E-state index is 6.79. The first-order valence-electron chi connectivity index (χ1n) is 17.7. The minimum Gasteiger partial charge on any atom is -0.488 e. The van der Waals surface area contributed by atoms with Crippen LogP contribution in [0, 0.1) is 13.8 Å². The van der Waals surface area contributed by atoms with Crippen molar-refractivity contribution < 1.29 is 9.31 Å². The monoisotopic (exact) mass is 640 g/mol. The van der Waals surface area contributed by atoms with Gasteiger partial charge >= 0.3 is 0 Å². The topological polar surface area (TPSA) is 18.7 Å². The van der Waals surface area contributed by atoms with Crippen LogP contribution in [0.5, 0.6) is 0 Å². The fourth-order valence-electron chi connectivity index (χ4n) is 7.87. The van der Waals surface area contributed by atoms with Crippen LogP contribution in [0.3, 0.4) is 0 Å². The zero-order valence-corrected chi connectivity index (χ0v) is 30.9. The summed E-state index contributed by atoms with van der Waals surface area (Å²) in [5, 5.41) is 0. The molecule has 2 heterocycles. The van der Waals surface area contributed by atoms with Gasteiger partial charge in [0.15, 0.2) is 5.71 Å². The molecule has 1 aliphatic carbocycles. The predicted octanol–water partition coefficient (Wildman–Crippen LogP) is 10.2. The molecule has 0 amide bonds. The summed E-state index contributed by atoms with van der Waals surface area (Å²) in [7, 11) is 4.15. The van der Waals surface area contributed by atoms with Gasteiger partial charge in [-0.05, 0) is 113 Å². The van der Waals surface area contributed by atoms with Crippen molar-refractivity contribution in [2.45, 2.75) is 85.7 Å². The molecule has 0 fully saturated rings. The highest BCUT2D eigenvalue weighted by molar-refractivity contribution is 6.03. The average Bonchev–Trinajstić information content (AvgIpc) is 3.61. The van der Waals surface area contributed by atoms with Gasteiger partial charge in [-0.1, -0.05) is 61.4 Å². The molecule has 48 heavy (non-hydrogen) atoms. The van der Waals surface area contributed by atoms with E-state index in [9.17, 15) is 0 Å².